The Morgan fingerprint density at radius 3 is 2.71 bits per heavy atom. The molecule has 1 aromatic carbocycles. The van der Waals surface area contributed by atoms with Gasteiger partial charge < -0.3 is 4.42 Å². The fourth-order valence-electron chi connectivity index (χ4n) is 2.32. The number of aromatic amines is 1. The normalized spacial score (nSPS) is 11.2. The summed E-state index contributed by atoms with van der Waals surface area (Å²) in [6.45, 7) is 0. The van der Waals surface area contributed by atoms with Gasteiger partial charge in [-0.05, 0) is 18.2 Å². The molecule has 0 saturated carbocycles. The third kappa shape index (κ3) is 2.22. The van der Waals surface area contributed by atoms with E-state index in [1.807, 2.05) is 0 Å². The summed E-state index contributed by atoms with van der Waals surface area (Å²) in [7, 11) is 1.58. The van der Waals surface area contributed by atoms with Gasteiger partial charge in [0.05, 0.1) is 16.2 Å². The summed E-state index contributed by atoms with van der Waals surface area (Å²) in [6.07, 6.45) is 1.32. The summed E-state index contributed by atoms with van der Waals surface area (Å²) in [5.41, 5.74) is 2.41. The number of halogens is 1. The minimum Gasteiger partial charge on any atom is -0.406 e. The summed E-state index contributed by atoms with van der Waals surface area (Å²) < 4.78 is 10.9. The van der Waals surface area contributed by atoms with Gasteiger partial charge in [-0.2, -0.15) is 0 Å². The Kier molecular flexibility index (Phi) is 3.10. The zero-order valence-electron chi connectivity index (χ0n) is 12.1. The fraction of sp³-hybridized carbons (Fsp3) is 0.0714. The average molecular weight is 346 g/mol. The largest absolute Gasteiger partial charge is 0.439 e. The second-order valence-electron chi connectivity index (χ2n) is 4.97. The van der Waals surface area contributed by atoms with E-state index in [-0.39, 0.29) is 10.8 Å². The first-order valence-corrected chi connectivity index (χ1v) is 7.08. The zero-order valence-corrected chi connectivity index (χ0v) is 12.9. The van der Waals surface area contributed by atoms with E-state index in [0.29, 0.717) is 28.1 Å². The van der Waals surface area contributed by atoms with Crippen molar-refractivity contribution in [3.8, 4) is 22.8 Å². The van der Waals surface area contributed by atoms with Gasteiger partial charge in [0, 0.05) is 12.6 Å². The Balaban J connectivity index is 1.90. The van der Waals surface area contributed by atoms with Crippen LogP contribution < -0.4 is 11.5 Å². The summed E-state index contributed by atoms with van der Waals surface area (Å²) in [4.78, 5) is 33.3. The van der Waals surface area contributed by atoms with E-state index in [1.165, 1.54) is 10.9 Å². The molecule has 10 heteroatoms. The molecule has 9 nitrogen and oxygen atoms in total. The van der Waals surface area contributed by atoms with Crippen molar-refractivity contribution in [3.63, 3.8) is 0 Å². The monoisotopic (exact) mass is 345 g/mol. The molecule has 0 atom stereocenters. The van der Waals surface area contributed by atoms with Crippen molar-refractivity contribution in [1.82, 2.24) is 24.7 Å². The third-order valence-corrected chi connectivity index (χ3v) is 3.78. The number of benzene rings is 1. The Bertz CT molecular complexity index is 1190. The van der Waals surface area contributed by atoms with Crippen molar-refractivity contribution in [2.45, 2.75) is 0 Å². The molecule has 4 rings (SSSR count). The lowest BCUT2D eigenvalue weighted by molar-refractivity contribution is 0.387. The van der Waals surface area contributed by atoms with Gasteiger partial charge in [-0.25, -0.2) is 19.6 Å². The van der Waals surface area contributed by atoms with E-state index in [4.69, 9.17) is 16.0 Å². The number of hydrogen-bond acceptors (Lipinski definition) is 7. The summed E-state index contributed by atoms with van der Waals surface area (Å²) in [6, 6.07) is 4.97. The van der Waals surface area contributed by atoms with Gasteiger partial charge in [0.15, 0.2) is 5.58 Å². The van der Waals surface area contributed by atoms with Crippen molar-refractivity contribution in [2.24, 2.45) is 7.05 Å². The van der Waals surface area contributed by atoms with E-state index >= 15 is 0 Å². The maximum absolute atomic E-state index is 11.6. The van der Waals surface area contributed by atoms with Gasteiger partial charge in [-0.3, -0.25) is 14.1 Å². The molecule has 120 valence electrons. The van der Waals surface area contributed by atoms with Crippen LogP contribution in [0.1, 0.15) is 0 Å². The van der Waals surface area contributed by atoms with Gasteiger partial charge in [0.25, 0.3) is 0 Å². The van der Waals surface area contributed by atoms with Crippen LogP contribution in [0.15, 0.2) is 43.1 Å². The number of nitrogens with zero attached hydrogens (tertiary/aromatic N) is 4. The van der Waals surface area contributed by atoms with Crippen molar-refractivity contribution in [2.75, 3.05) is 0 Å². The highest BCUT2D eigenvalue weighted by molar-refractivity contribution is 6.35. The van der Waals surface area contributed by atoms with E-state index in [1.54, 1.807) is 25.2 Å². The minimum atomic E-state index is -0.678. The summed E-state index contributed by atoms with van der Waals surface area (Å²) >= 11 is 6.19. The van der Waals surface area contributed by atoms with E-state index in [0.717, 1.165) is 0 Å². The molecule has 3 heterocycles. The molecular weight excluding hydrogens is 338 g/mol. The second-order valence-corrected chi connectivity index (χ2v) is 5.37. The standard InChI is InChI=1S/C14H8ClN5O4/c1-20-10-3-6(2-7(15)11(10)23-14(20)22)8-4-9(17-5-16-8)12-18-13(21)24-19-12/h2-5H,1H3,(H,18,19,21). The summed E-state index contributed by atoms with van der Waals surface area (Å²) in [5, 5.41) is 3.87. The lowest BCUT2D eigenvalue weighted by Crippen LogP contribution is -2.08. The number of aromatic nitrogens is 5. The van der Waals surface area contributed by atoms with Crippen molar-refractivity contribution >= 4 is 22.7 Å². The third-order valence-electron chi connectivity index (χ3n) is 3.49. The number of hydrogen-bond donors (Lipinski definition) is 1. The predicted molar refractivity (Wildman–Crippen MR) is 83.6 cm³/mol. The van der Waals surface area contributed by atoms with Crippen LogP contribution >= 0.6 is 11.6 Å². The number of oxazole rings is 1. The van der Waals surface area contributed by atoms with Crippen LogP contribution in [0.25, 0.3) is 33.9 Å². The fourth-order valence-corrected chi connectivity index (χ4v) is 2.57. The van der Waals surface area contributed by atoms with E-state index < -0.39 is 11.5 Å². The van der Waals surface area contributed by atoms with Crippen molar-refractivity contribution in [3.05, 3.63) is 50.7 Å². The van der Waals surface area contributed by atoms with Gasteiger partial charge in [-0.15, -0.1) is 0 Å². The SMILES string of the molecule is Cn1c(=O)oc2c(Cl)cc(-c3cc(-c4noc(=O)[nH]4)ncn3)cc21. The number of H-pyrrole nitrogens is 1. The number of nitrogens with one attached hydrogen (secondary N) is 1. The number of aryl methyl sites for hydroxylation is 1. The molecule has 0 aliphatic heterocycles. The lowest BCUT2D eigenvalue weighted by Gasteiger charge is -2.04. The van der Waals surface area contributed by atoms with Crippen molar-refractivity contribution < 1.29 is 8.94 Å². The van der Waals surface area contributed by atoms with E-state index in [2.05, 4.69) is 24.6 Å². The Hall–Kier alpha value is -3.20. The van der Waals surface area contributed by atoms with Crippen LogP contribution in [0.5, 0.6) is 0 Å². The van der Waals surface area contributed by atoms with Crippen LogP contribution in [0.3, 0.4) is 0 Å². The maximum atomic E-state index is 11.6. The molecule has 24 heavy (non-hydrogen) atoms. The highest BCUT2D eigenvalue weighted by Crippen LogP contribution is 2.30. The molecule has 0 bridgehead atoms. The van der Waals surface area contributed by atoms with E-state index in [9.17, 15) is 9.59 Å². The highest BCUT2D eigenvalue weighted by Gasteiger charge is 2.14. The Morgan fingerprint density at radius 2 is 1.96 bits per heavy atom. The van der Waals surface area contributed by atoms with Crippen LogP contribution in [0.4, 0.5) is 0 Å². The Morgan fingerprint density at radius 1 is 1.17 bits per heavy atom. The zero-order chi connectivity index (χ0) is 16.8. The average Bonchev–Trinajstić information content (AvgIpc) is 3.13. The molecule has 0 radical (unpaired) electrons. The van der Waals surface area contributed by atoms with Gasteiger partial charge in [0.2, 0.25) is 5.82 Å². The Labute approximate surface area is 137 Å². The van der Waals surface area contributed by atoms with Crippen LogP contribution in [-0.2, 0) is 7.05 Å². The molecule has 1 N–H and O–H groups in total. The predicted octanol–water partition coefficient (Wildman–Crippen LogP) is 1.59. The van der Waals surface area contributed by atoms with Crippen LogP contribution in [0, 0.1) is 0 Å². The maximum Gasteiger partial charge on any atom is 0.439 e. The molecule has 0 unspecified atom stereocenters. The van der Waals surface area contributed by atoms with Crippen molar-refractivity contribution in [1.29, 1.82) is 0 Å². The highest BCUT2D eigenvalue weighted by atomic mass is 35.5. The first-order valence-electron chi connectivity index (χ1n) is 6.71. The molecule has 0 fully saturated rings. The molecule has 0 amide bonds. The van der Waals surface area contributed by atoms with Crippen LogP contribution in [-0.4, -0.2) is 24.7 Å². The minimum absolute atomic E-state index is 0.187. The topological polar surface area (TPSA) is 120 Å². The molecule has 0 saturated heterocycles. The molecule has 3 aromatic heterocycles. The molecule has 0 spiro atoms. The van der Waals surface area contributed by atoms with Crippen LogP contribution in [0.2, 0.25) is 5.02 Å². The molecule has 0 aliphatic rings. The second kappa shape index (κ2) is 5.17. The van der Waals surface area contributed by atoms with Gasteiger partial charge in [-0.1, -0.05) is 16.8 Å². The first-order chi connectivity index (χ1) is 11.5. The van der Waals surface area contributed by atoms with Gasteiger partial charge >= 0.3 is 11.5 Å². The van der Waals surface area contributed by atoms with Gasteiger partial charge in [0.1, 0.15) is 12.0 Å². The molecule has 0 aliphatic carbocycles. The number of rotatable bonds is 2. The smallest absolute Gasteiger partial charge is 0.406 e. The lowest BCUT2D eigenvalue weighted by atomic mass is 10.1. The quantitative estimate of drug-likeness (QED) is 0.585. The summed E-state index contributed by atoms with van der Waals surface area (Å²) in [5.74, 6) is -0.998. The molecular formula is C14H8ClN5O4. The first kappa shape index (κ1) is 14.4. The number of fused-ring (bicyclic) bond motifs is 1. The molecule has 4 aromatic rings.